The van der Waals surface area contributed by atoms with E-state index < -0.39 is 0 Å². The molecular formula is C19H24N4O2. The Labute approximate surface area is 147 Å². The van der Waals surface area contributed by atoms with Crippen molar-refractivity contribution >= 4 is 12.1 Å². The maximum absolute atomic E-state index is 12.6. The zero-order chi connectivity index (χ0) is 17.3. The number of nitrogens with zero attached hydrogens (tertiary/aromatic N) is 2. The van der Waals surface area contributed by atoms with Gasteiger partial charge in [0.25, 0.3) is 0 Å². The summed E-state index contributed by atoms with van der Waals surface area (Å²) in [4.78, 5) is 21.5. The molecule has 0 unspecified atom stereocenters. The Kier molecular flexibility index (Phi) is 6.23. The third kappa shape index (κ3) is 5.46. The lowest BCUT2D eigenvalue weighted by Gasteiger charge is -2.24. The second-order valence-corrected chi connectivity index (χ2v) is 6.05. The van der Waals surface area contributed by atoms with E-state index in [1.807, 2.05) is 42.5 Å². The number of aromatic amines is 1. The van der Waals surface area contributed by atoms with E-state index in [1.165, 1.54) is 0 Å². The van der Waals surface area contributed by atoms with Crippen LogP contribution in [0.4, 0.5) is 4.79 Å². The van der Waals surface area contributed by atoms with Gasteiger partial charge in [-0.05, 0) is 18.4 Å². The number of urea groups is 1. The Balaban J connectivity index is 1.57. The number of aromatic nitrogens is 2. The molecule has 6 heteroatoms. The number of ether oxygens (including phenoxy) is 1. The molecule has 1 fully saturated rings. The fraction of sp³-hybridized carbons (Fsp3) is 0.368. The van der Waals surface area contributed by atoms with Crippen LogP contribution in [-0.4, -0.2) is 46.7 Å². The highest BCUT2D eigenvalue weighted by molar-refractivity contribution is 5.74. The number of hydrogen-bond acceptors (Lipinski definition) is 3. The Bertz CT molecular complexity index is 664. The summed E-state index contributed by atoms with van der Waals surface area (Å²) < 4.78 is 5.68. The highest BCUT2D eigenvalue weighted by Gasteiger charge is 2.21. The van der Waals surface area contributed by atoms with Crippen molar-refractivity contribution in [3.8, 4) is 0 Å². The summed E-state index contributed by atoms with van der Waals surface area (Å²) in [6.45, 7) is 2.31. The van der Waals surface area contributed by atoms with Gasteiger partial charge < -0.3 is 19.9 Å². The molecule has 0 aliphatic carbocycles. The van der Waals surface area contributed by atoms with Crippen molar-refractivity contribution < 1.29 is 9.53 Å². The SMILES string of the molecule is O=C(NCc1ncc[nH]1)N(C/C=C/c1ccccc1)C[C@H]1CCCO1. The number of benzene rings is 1. The van der Waals surface area contributed by atoms with Gasteiger partial charge in [-0.3, -0.25) is 0 Å². The van der Waals surface area contributed by atoms with E-state index in [0.717, 1.165) is 30.8 Å². The van der Waals surface area contributed by atoms with Gasteiger partial charge in [-0.15, -0.1) is 0 Å². The fourth-order valence-electron chi connectivity index (χ4n) is 2.82. The molecule has 0 spiro atoms. The van der Waals surface area contributed by atoms with Crippen molar-refractivity contribution in [1.82, 2.24) is 20.2 Å². The molecular weight excluding hydrogens is 316 g/mol. The number of H-pyrrole nitrogens is 1. The molecule has 0 bridgehead atoms. The third-order valence-corrected chi connectivity index (χ3v) is 4.13. The zero-order valence-electron chi connectivity index (χ0n) is 14.2. The first kappa shape index (κ1) is 17.2. The van der Waals surface area contributed by atoms with Gasteiger partial charge in [0, 0.05) is 32.1 Å². The van der Waals surface area contributed by atoms with E-state index in [0.29, 0.717) is 19.6 Å². The minimum Gasteiger partial charge on any atom is -0.376 e. The highest BCUT2D eigenvalue weighted by atomic mass is 16.5. The Hall–Kier alpha value is -2.60. The maximum atomic E-state index is 12.6. The molecule has 1 aromatic carbocycles. The van der Waals surface area contributed by atoms with Crippen LogP contribution in [0.3, 0.4) is 0 Å². The van der Waals surface area contributed by atoms with E-state index >= 15 is 0 Å². The second-order valence-electron chi connectivity index (χ2n) is 6.05. The van der Waals surface area contributed by atoms with Crippen molar-refractivity contribution in [1.29, 1.82) is 0 Å². The Morgan fingerprint density at radius 3 is 3.00 bits per heavy atom. The van der Waals surface area contributed by atoms with Crippen molar-refractivity contribution in [3.63, 3.8) is 0 Å². The van der Waals surface area contributed by atoms with Gasteiger partial charge in [0.1, 0.15) is 5.82 Å². The minimum atomic E-state index is -0.107. The molecule has 1 saturated heterocycles. The topological polar surface area (TPSA) is 70.2 Å². The third-order valence-electron chi connectivity index (χ3n) is 4.13. The molecule has 2 aromatic rings. The largest absolute Gasteiger partial charge is 0.376 e. The molecule has 2 N–H and O–H groups in total. The van der Waals surface area contributed by atoms with Gasteiger partial charge in [-0.1, -0.05) is 42.5 Å². The van der Waals surface area contributed by atoms with Crippen molar-refractivity contribution in [2.75, 3.05) is 19.7 Å². The maximum Gasteiger partial charge on any atom is 0.318 e. The molecule has 3 rings (SSSR count). The summed E-state index contributed by atoms with van der Waals surface area (Å²) in [7, 11) is 0. The average molecular weight is 340 g/mol. The summed E-state index contributed by atoms with van der Waals surface area (Å²) in [5, 5.41) is 2.91. The van der Waals surface area contributed by atoms with Crippen LogP contribution in [0.2, 0.25) is 0 Å². The fourth-order valence-corrected chi connectivity index (χ4v) is 2.82. The molecule has 0 saturated carbocycles. The van der Waals surface area contributed by atoms with Crippen LogP contribution in [0, 0.1) is 0 Å². The predicted molar refractivity (Wildman–Crippen MR) is 96.8 cm³/mol. The van der Waals surface area contributed by atoms with Crippen LogP contribution < -0.4 is 5.32 Å². The van der Waals surface area contributed by atoms with Gasteiger partial charge in [-0.2, -0.15) is 0 Å². The lowest BCUT2D eigenvalue weighted by atomic mass is 10.2. The summed E-state index contributed by atoms with van der Waals surface area (Å²) in [6.07, 6.45) is 9.65. The number of amides is 2. The van der Waals surface area contributed by atoms with Crippen LogP contribution in [-0.2, 0) is 11.3 Å². The number of carbonyl (C=O) groups excluding carboxylic acids is 1. The first-order chi connectivity index (χ1) is 12.3. The van der Waals surface area contributed by atoms with E-state index in [2.05, 4.69) is 15.3 Å². The van der Waals surface area contributed by atoms with Gasteiger partial charge in [0.15, 0.2) is 0 Å². The lowest BCUT2D eigenvalue weighted by Crippen LogP contribution is -2.43. The number of imidazole rings is 1. The van der Waals surface area contributed by atoms with E-state index in [9.17, 15) is 4.79 Å². The minimum absolute atomic E-state index is 0.107. The molecule has 132 valence electrons. The van der Waals surface area contributed by atoms with Gasteiger partial charge in [0.05, 0.1) is 12.6 Å². The zero-order valence-corrected chi connectivity index (χ0v) is 14.2. The summed E-state index contributed by atoms with van der Waals surface area (Å²) in [6, 6.07) is 9.96. The van der Waals surface area contributed by atoms with Gasteiger partial charge in [0.2, 0.25) is 0 Å². The van der Waals surface area contributed by atoms with Crippen LogP contribution in [0.25, 0.3) is 6.08 Å². The first-order valence-electron chi connectivity index (χ1n) is 8.65. The van der Waals surface area contributed by atoms with E-state index in [1.54, 1.807) is 17.3 Å². The molecule has 25 heavy (non-hydrogen) atoms. The van der Waals surface area contributed by atoms with E-state index in [4.69, 9.17) is 4.74 Å². The lowest BCUT2D eigenvalue weighted by molar-refractivity contribution is 0.0841. The highest BCUT2D eigenvalue weighted by Crippen LogP contribution is 2.13. The Morgan fingerprint density at radius 1 is 1.40 bits per heavy atom. The van der Waals surface area contributed by atoms with Crippen molar-refractivity contribution in [3.05, 3.63) is 60.2 Å². The van der Waals surface area contributed by atoms with Crippen LogP contribution in [0.5, 0.6) is 0 Å². The first-order valence-corrected chi connectivity index (χ1v) is 8.65. The second kappa shape index (κ2) is 9.03. The summed E-state index contributed by atoms with van der Waals surface area (Å²) in [5.41, 5.74) is 1.12. The van der Waals surface area contributed by atoms with E-state index in [-0.39, 0.29) is 12.1 Å². The predicted octanol–water partition coefficient (Wildman–Crippen LogP) is 2.81. The normalized spacial score (nSPS) is 17.0. The molecule has 1 atom stereocenters. The summed E-state index contributed by atoms with van der Waals surface area (Å²) >= 11 is 0. The molecule has 0 radical (unpaired) electrons. The van der Waals surface area contributed by atoms with Gasteiger partial charge >= 0.3 is 6.03 Å². The molecule has 1 aliphatic heterocycles. The molecule has 1 aliphatic rings. The molecule has 2 heterocycles. The van der Waals surface area contributed by atoms with Crippen molar-refractivity contribution in [2.24, 2.45) is 0 Å². The van der Waals surface area contributed by atoms with Gasteiger partial charge in [-0.25, -0.2) is 9.78 Å². The quantitative estimate of drug-likeness (QED) is 0.814. The number of hydrogen-bond donors (Lipinski definition) is 2. The van der Waals surface area contributed by atoms with Crippen LogP contribution in [0.15, 0.2) is 48.8 Å². The summed E-state index contributed by atoms with van der Waals surface area (Å²) in [5.74, 6) is 0.741. The van der Waals surface area contributed by atoms with Crippen molar-refractivity contribution in [2.45, 2.75) is 25.5 Å². The number of nitrogens with one attached hydrogen (secondary N) is 2. The monoisotopic (exact) mass is 340 g/mol. The number of carbonyl (C=O) groups is 1. The molecule has 6 nitrogen and oxygen atoms in total. The number of rotatable bonds is 7. The smallest absolute Gasteiger partial charge is 0.318 e. The Morgan fingerprint density at radius 2 is 2.28 bits per heavy atom. The van der Waals surface area contributed by atoms with Crippen LogP contribution in [0.1, 0.15) is 24.2 Å². The van der Waals surface area contributed by atoms with Crippen LogP contribution >= 0.6 is 0 Å². The molecule has 1 aromatic heterocycles. The standard InChI is InChI=1S/C19H24N4O2/c24-19(22-14-18-20-10-11-21-18)23(15-17-9-5-13-25-17)12-4-8-16-6-2-1-3-7-16/h1-4,6-8,10-11,17H,5,9,12-15H2,(H,20,21)(H,22,24)/b8-4+/t17-/m1/s1. The average Bonchev–Trinajstić information content (AvgIpc) is 3.33. The molecule has 2 amide bonds.